The fourth-order valence-corrected chi connectivity index (χ4v) is 2.69. The third kappa shape index (κ3) is 4.08. The van der Waals surface area contributed by atoms with Gasteiger partial charge in [-0.1, -0.05) is 11.3 Å². The van der Waals surface area contributed by atoms with Gasteiger partial charge in [0.1, 0.15) is 5.51 Å². The standard InChI is InChI=1S/C13H18N4O3S/c1-9(2)16(5-3-4-12(19)20)7-10-6-11(18)17-13(15-10)21-8-14-17/h6,8-9H,3-5,7H2,1-2H3,(H,19,20). The highest BCUT2D eigenvalue weighted by Crippen LogP contribution is 2.09. The molecule has 2 rings (SSSR count). The molecule has 0 spiro atoms. The third-order valence-electron chi connectivity index (χ3n) is 3.17. The zero-order valence-electron chi connectivity index (χ0n) is 12.0. The second-order valence-electron chi connectivity index (χ2n) is 5.08. The van der Waals surface area contributed by atoms with Gasteiger partial charge in [-0.3, -0.25) is 14.5 Å². The molecule has 0 unspecified atom stereocenters. The van der Waals surface area contributed by atoms with Crippen LogP contribution in [0, 0.1) is 0 Å². The molecule has 0 radical (unpaired) electrons. The van der Waals surface area contributed by atoms with Crippen LogP contribution in [0.4, 0.5) is 0 Å². The number of aromatic nitrogens is 3. The first kappa shape index (κ1) is 15.6. The first-order valence-electron chi connectivity index (χ1n) is 6.75. The fraction of sp³-hybridized carbons (Fsp3) is 0.538. The van der Waals surface area contributed by atoms with Gasteiger partial charge in [0.25, 0.3) is 5.56 Å². The topological polar surface area (TPSA) is 87.8 Å². The lowest BCUT2D eigenvalue weighted by Gasteiger charge is -2.25. The summed E-state index contributed by atoms with van der Waals surface area (Å²) in [5.74, 6) is -0.791. The Morgan fingerprint density at radius 1 is 1.52 bits per heavy atom. The monoisotopic (exact) mass is 310 g/mol. The van der Waals surface area contributed by atoms with Crippen molar-refractivity contribution in [2.24, 2.45) is 0 Å². The van der Waals surface area contributed by atoms with E-state index in [2.05, 4.69) is 15.0 Å². The average molecular weight is 310 g/mol. The molecule has 0 aliphatic carbocycles. The molecule has 2 heterocycles. The van der Waals surface area contributed by atoms with Crippen LogP contribution in [0.5, 0.6) is 0 Å². The second kappa shape index (κ2) is 6.77. The molecule has 8 heteroatoms. The predicted molar refractivity (Wildman–Crippen MR) is 79.5 cm³/mol. The van der Waals surface area contributed by atoms with Crippen molar-refractivity contribution < 1.29 is 9.90 Å². The molecular weight excluding hydrogens is 292 g/mol. The number of nitrogens with zero attached hydrogens (tertiary/aromatic N) is 4. The van der Waals surface area contributed by atoms with E-state index in [4.69, 9.17) is 5.11 Å². The number of carboxylic acid groups (broad SMARTS) is 1. The molecule has 0 saturated heterocycles. The van der Waals surface area contributed by atoms with Gasteiger partial charge in [0, 0.05) is 25.1 Å². The quantitative estimate of drug-likeness (QED) is 0.827. The summed E-state index contributed by atoms with van der Waals surface area (Å²) in [6, 6.07) is 1.74. The van der Waals surface area contributed by atoms with Crippen molar-refractivity contribution in [2.75, 3.05) is 6.54 Å². The molecule has 2 aromatic rings. The summed E-state index contributed by atoms with van der Waals surface area (Å²) in [6.45, 7) is 5.27. The molecule has 114 valence electrons. The number of hydrogen-bond acceptors (Lipinski definition) is 6. The number of aliphatic carboxylic acids is 1. The van der Waals surface area contributed by atoms with E-state index >= 15 is 0 Å². The van der Waals surface area contributed by atoms with Gasteiger partial charge in [0.05, 0.1) is 5.69 Å². The largest absolute Gasteiger partial charge is 0.481 e. The van der Waals surface area contributed by atoms with Gasteiger partial charge in [-0.2, -0.15) is 9.61 Å². The average Bonchev–Trinajstić information content (AvgIpc) is 2.85. The van der Waals surface area contributed by atoms with E-state index in [-0.39, 0.29) is 18.0 Å². The number of rotatable bonds is 7. The van der Waals surface area contributed by atoms with Crippen molar-refractivity contribution in [2.45, 2.75) is 39.3 Å². The number of carbonyl (C=O) groups is 1. The minimum atomic E-state index is -0.791. The molecule has 0 aliphatic rings. The molecule has 21 heavy (non-hydrogen) atoms. The van der Waals surface area contributed by atoms with E-state index in [0.29, 0.717) is 30.2 Å². The van der Waals surface area contributed by atoms with E-state index in [1.807, 2.05) is 13.8 Å². The van der Waals surface area contributed by atoms with Crippen molar-refractivity contribution in [3.8, 4) is 0 Å². The molecule has 2 aromatic heterocycles. The van der Waals surface area contributed by atoms with Crippen LogP contribution in [0.15, 0.2) is 16.4 Å². The Balaban J connectivity index is 2.10. The minimum absolute atomic E-state index is 0.146. The van der Waals surface area contributed by atoms with Gasteiger partial charge in [0.15, 0.2) is 0 Å². The van der Waals surface area contributed by atoms with E-state index in [1.54, 1.807) is 5.51 Å². The Morgan fingerprint density at radius 3 is 2.95 bits per heavy atom. The summed E-state index contributed by atoms with van der Waals surface area (Å²) in [5.41, 5.74) is 2.08. The molecule has 7 nitrogen and oxygen atoms in total. The van der Waals surface area contributed by atoms with Crippen molar-refractivity contribution >= 4 is 22.3 Å². The molecule has 0 atom stereocenters. The van der Waals surface area contributed by atoms with Crippen molar-refractivity contribution in [3.05, 3.63) is 27.6 Å². The fourth-order valence-electron chi connectivity index (χ4n) is 2.04. The predicted octanol–water partition coefficient (Wildman–Crippen LogP) is 1.23. The molecule has 0 fully saturated rings. The number of carboxylic acids is 1. The zero-order chi connectivity index (χ0) is 15.4. The van der Waals surface area contributed by atoms with Crippen LogP contribution in [0.2, 0.25) is 0 Å². The SMILES string of the molecule is CC(C)N(CCCC(=O)O)Cc1cc(=O)n2ncsc2n1. The Morgan fingerprint density at radius 2 is 2.29 bits per heavy atom. The van der Waals surface area contributed by atoms with E-state index < -0.39 is 5.97 Å². The van der Waals surface area contributed by atoms with Crippen LogP contribution in [-0.2, 0) is 11.3 Å². The normalized spacial score (nSPS) is 11.6. The van der Waals surface area contributed by atoms with Crippen molar-refractivity contribution in [3.63, 3.8) is 0 Å². The lowest BCUT2D eigenvalue weighted by molar-refractivity contribution is -0.137. The molecule has 0 bridgehead atoms. The minimum Gasteiger partial charge on any atom is -0.481 e. The summed E-state index contributed by atoms with van der Waals surface area (Å²) in [4.78, 5) is 29.6. The first-order chi connectivity index (χ1) is 9.97. The molecule has 1 N–H and O–H groups in total. The summed E-state index contributed by atoms with van der Waals surface area (Å²) in [6.07, 6.45) is 0.725. The molecule has 0 aromatic carbocycles. The lowest BCUT2D eigenvalue weighted by Crippen LogP contribution is -2.32. The van der Waals surface area contributed by atoms with Gasteiger partial charge in [-0.25, -0.2) is 4.98 Å². The van der Waals surface area contributed by atoms with Gasteiger partial charge >= 0.3 is 5.97 Å². The summed E-state index contributed by atoms with van der Waals surface area (Å²) >= 11 is 1.32. The van der Waals surface area contributed by atoms with Crippen LogP contribution < -0.4 is 5.56 Å². The first-order valence-corrected chi connectivity index (χ1v) is 7.63. The van der Waals surface area contributed by atoms with Crippen LogP contribution in [0.25, 0.3) is 4.96 Å². The Bertz CT molecular complexity index is 679. The van der Waals surface area contributed by atoms with Gasteiger partial charge < -0.3 is 5.11 Å². The Kier molecular flexibility index (Phi) is 5.03. The van der Waals surface area contributed by atoms with Crippen molar-refractivity contribution in [1.82, 2.24) is 19.5 Å². The van der Waals surface area contributed by atoms with E-state index in [1.165, 1.54) is 21.9 Å². The third-order valence-corrected chi connectivity index (χ3v) is 3.85. The highest BCUT2D eigenvalue weighted by molar-refractivity contribution is 7.14. The smallest absolute Gasteiger partial charge is 0.303 e. The van der Waals surface area contributed by atoms with Gasteiger partial charge in [0.2, 0.25) is 4.96 Å². The van der Waals surface area contributed by atoms with Crippen LogP contribution in [0.1, 0.15) is 32.4 Å². The number of hydrogen-bond donors (Lipinski definition) is 1. The maximum atomic E-state index is 11.9. The molecule has 0 amide bonds. The van der Waals surface area contributed by atoms with Crippen LogP contribution >= 0.6 is 11.3 Å². The highest BCUT2D eigenvalue weighted by atomic mass is 32.1. The maximum Gasteiger partial charge on any atom is 0.303 e. The Labute approximate surface area is 125 Å². The summed E-state index contributed by atoms with van der Waals surface area (Å²) in [7, 11) is 0. The van der Waals surface area contributed by atoms with Gasteiger partial charge in [-0.05, 0) is 26.8 Å². The highest BCUT2D eigenvalue weighted by Gasteiger charge is 2.13. The second-order valence-corrected chi connectivity index (χ2v) is 5.89. The summed E-state index contributed by atoms with van der Waals surface area (Å²) < 4.78 is 1.28. The van der Waals surface area contributed by atoms with Crippen LogP contribution in [0.3, 0.4) is 0 Å². The zero-order valence-corrected chi connectivity index (χ0v) is 12.8. The van der Waals surface area contributed by atoms with Gasteiger partial charge in [-0.15, -0.1) is 0 Å². The lowest BCUT2D eigenvalue weighted by atomic mass is 10.2. The summed E-state index contributed by atoms with van der Waals surface area (Å²) in [5, 5.41) is 12.6. The van der Waals surface area contributed by atoms with E-state index in [0.717, 1.165) is 0 Å². The molecule has 0 saturated carbocycles. The van der Waals surface area contributed by atoms with Crippen LogP contribution in [-0.4, -0.2) is 43.2 Å². The molecular formula is C13H18N4O3S. The maximum absolute atomic E-state index is 11.9. The number of fused-ring (bicyclic) bond motifs is 1. The molecule has 0 aliphatic heterocycles. The Hall–Kier alpha value is -1.80. The van der Waals surface area contributed by atoms with Crippen molar-refractivity contribution in [1.29, 1.82) is 0 Å². The van der Waals surface area contributed by atoms with E-state index in [9.17, 15) is 9.59 Å².